The Morgan fingerprint density at radius 3 is 2.36 bits per heavy atom. The third-order valence-electron chi connectivity index (χ3n) is 2.11. The third kappa shape index (κ3) is 2.10. The molecule has 0 unspecified atom stereocenters. The van der Waals surface area contributed by atoms with Crippen LogP contribution in [-0.2, 0) is 5.41 Å². The van der Waals surface area contributed by atoms with Crippen LogP contribution in [0, 0.1) is 12.3 Å². The molecule has 1 rings (SSSR count). The molecule has 0 radical (unpaired) electrons. The van der Waals surface area contributed by atoms with Crippen LogP contribution in [0.4, 0.5) is 5.69 Å². The standard InChI is InChI=1S/C12H14BrN/c1-5-8-6-9(13)7-10(11(8)14)12(2,3)4/h1,6-7H,14H2,2-4H3. The highest BCUT2D eigenvalue weighted by atomic mass is 79.9. The van der Waals surface area contributed by atoms with Crippen molar-refractivity contribution in [1.82, 2.24) is 0 Å². The number of benzene rings is 1. The van der Waals surface area contributed by atoms with Crippen LogP contribution in [0.25, 0.3) is 0 Å². The fourth-order valence-corrected chi connectivity index (χ4v) is 1.82. The van der Waals surface area contributed by atoms with E-state index in [1.807, 2.05) is 12.1 Å². The first-order chi connectivity index (χ1) is 6.36. The normalized spacial score (nSPS) is 11.1. The van der Waals surface area contributed by atoms with Gasteiger partial charge in [-0.1, -0.05) is 42.6 Å². The zero-order valence-electron chi connectivity index (χ0n) is 8.69. The Morgan fingerprint density at radius 2 is 1.93 bits per heavy atom. The van der Waals surface area contributed by atoms with Crippen LogP contribution in [0.15, 0.2) is 16.6 Å². The van der Waals surface area contributed by atoms with Gasteiger partial charge >= 0.3 is 0 Å². The zero-order valence-corrected chi connectivity index (χ0v) is 10.3. The lowest BCUT2D eigenvalue weighted by Crippen LogP contribution is -2.14. The van der Waals surface area contributed by atoms with Crippen LogP contribution in [0.5, 0.6) is 0 Å². The summed E-state index contributed by atoms with van der Waals surface area (Å²) in [6.07, 6.45) is 5.38. The molecule has 0 bridgehead atoms. The van der Waals surface area contributed by atoms with Gasteiger partial charge in [-0.15, -0.1) is 6.42 Å². The van der Waals surface area contributed by atoms with E-state index >= 15 is 0 Å². The smallest absolute Gasteiger partial charge is 0.0511 e. The second-order valence-corrected chi connectivity index (χ2v) is 5.22. The highest BCUT2D eigenvalue weighted by Gasteiger charge is 2.18. The fraction of sp³-hybridized carbons (Fsp3) is 0.333. The maximum atomic E-state index is 5.99. The number of anilines is 1. The van der Waals surface area contributed by atoms with Gasteiger partial charge in [0.1, 0.15) is 0 Å². The molecule has 0 aliphatic carbocycles. The van der Waals surface area contributed by atoms with E-state index in [2.05, 4.69) is 42.6 Å². The fourth-order valence-electron chi connectivity index (χ4n) is 1.36. The summed E-state index contributed by atoms with van der Waals surface area (Å²) >= 11 is 3.43. The van der Waals surface area contributed by atoms with Gasteiger partial charge in [-0.3, -0.25) is 0 Å². The summed E-state index contributed by atoms with van der Waals surface area (Å²) in [6, 6.07) is 3.89. The minimum Gasteiger partial charge on any atom is -0.397 e. The van der Waals surface area contributed by atoms with Crippen molar-refractivity contribution in [2.45, 2.75) is 26.2 Å². The summed E-state index contributed by atoms with van der Waals surface area (Å²) in [5, 5.41) is 0. The van der Waals surface area contributed by atoms with Crippen LogP contribution in [0.1, 0.15) is 31.9 Å². The second kappa shape index (κ2) is 3.67. The second-order valence-electron chi connectivity index (χ2n) is 4.31. The molecule has 1 aromatic rings. The van der Waals surface area contributed by atoms with E-state index in [-0.39, 0.29) is 5.41 Å². The topological polar surface area (TPSA) is 26.0 Å². The predicted octanol–water partition coefficient (Wildman–Crippen LogP) is 3.31. The monoisotopic (exact) mass is 251 g/mol. The molecule has 1 nitrogen and oxygen atoms in total. The Balaban J connectivity index is 3.47. The van der Waals surface area contributed by atoms with Crippen molar-refractivity contribution in [1.29, 1.82) is 0 Å². The molecule has 2 N–H and O–H groups in total. The molecule has 0 saturated carbocycles. The van der Waals surface area contributed by atoms with Gasteiger partial charge in [0.25, 0.3) is 0 Å². The van der Waals surface area contributed by atoms with Gasteiger partial charge in [-0.05, 0) is 23.1 Å². The largest absolute Gasteiger partial charge is 0.397 e. The van der Waals surface area contributed by atoms with Crippen LogP contribution in [0.2, 0.25) is 0 Å². The van der Waals surface area contributed by atoms with E-state index < -0.39 is 0 Å². The molecular formula is C12H14BrN. The lowest BCUT2D eigenvalue weighted by Gasteiger charge is -2.22. The number of hydrogen-bond donors (Lipinski definition) is 1. The van der Waals surface area contributed by atoms with Crippen LogP contribution >= 0.6 is 15.9 Å². The zero-order chi connectivity index (χ0) is 10.9. The van der Waals surface area contributed by atoms with Crippen molar-refractivity contribution in [3.05, 3.63) is 27.7 Å². The summed E-state index contributed by atoms with van der Waals surface area (Å²) in [4.78, 5) is 0. The molecule has 0 fully saturated rings. The number of rotatable bonds is 0. The van der Waals surface area contributed by atoms with Crippen molar-refractivity contribution < 1.29 is 0 Å². The Kier molecular flexibility index (Phi) is 2.92. The minimum absolute atomic E-state index is 0.0134. The van der Waals surface area contributed by atoms with Crippen molar-refractivity contribution in [2.75, 3.05) is 5.73 Å². The molecular weight excluding hydrogens is 238 g/mol. The van der Waals surface area contributed by atoms with Crippen LogP contribution in [-0.4, -0.2) is 0 Å². The summed E-state index contributed by atoms with van der Waals surface area (Å²) < 4.78 is 0.976. The summed E-state index contributed by atoms with van der Waals surface area (Å²) in [5.41, 5.74) is 8.55. The van der Waals surface area contributed by atoms with Gasteiger partial charge in [0.05, 0.1) is 5.69 Å². The van der Waals surface area contributed by atoms with E-state index in [4.69, 9.17) is 12.2 Å². The Bertz CT molecular complexity index is 394. The van der Waals surface area contributed by atoms with Gasteiger partial charge in [0.2, 0.25) is 0 Å². The van der Waals surface area contributed by atoms with Gasteiger partial charge in [0, 0.05) is 10.0 Å². The average Bonchev–Trinajstić information content (AvgIpc) is 2.06. The van der Waals surface area contributed by atoms with E-state index in [1.54, 1.807) is 0 Å². The van der Waals surface area contributed by atoms with E-state index in [0.29, 0.717) is 5.69 Å². The first-order valence-electron chi connectivity index (χ1n) is 4.42. The van der Waals surface area contributed by atoms with Gasteiger partial charge in [-0.25, -0.2) is 0 Å². The minimum atomic E-state index is 0.0134. The number of nitrogens with two attached hydrogens (primary N) is 1. The molecule has 14 heavy (non-hydrogen) atoms. The van der Waals surface area contributed by atoms with Crippen LogP contribution < -0.4 is 5.73 Å². The number of hydrogen-bond acceptors (Lipinski definition) is 1. The van der Waals surface area contributed by atoms with Crippen molar-refractivity contribution >= 4 is 21.6 Å². The highest BCUT2D eigenvalue weighted by molar-refractivity contribution is 9.10. The summed E-state index contributed by atoms with van der Waals surface area (Å²) in [5.74, 6) is 2.59. The number of halogens is 1. The SMILES string of the molecule is C#Cc1cc(Br)cc(C(C)(C)C)c1N. The molecule has 0 saturated heterocycles. The maximum Gasteiger partial charge on any atom is 0.0511 e. The molecule has 0 aliphatic heterocycles. The van der Waals surface area contributed by atoms with Gasteiger partial charge in [-0.2, -0.15) is 0 Å². The van der Waals surface area contributed by atoms with Crippen molar-refractivity contribution in [2.24, 2.45) is 0 Å². The molecule has 0 aliphatic rings. The van der Waals surface area contributed by atoms with E-state index in [1.165, 1.54) is 0 Å². The van der Waals surface area contributed by atoms with Crippen LogP contribution in [0.3, 0.4) is 0 Å². The Labute approximate surface area is 93.8 Å². The van der Waals surface area contributed by atoms with Crippen molar-refractivity contribution in [3.8, 4) is 12.3 Å². The lowest BCUT2D eigenvalue weighted by atomic mass is 9.85. The highest BCUT2D eigenvalue weighted by Crippen LogP contribution is 2.32. The van der Waals surface area contributed by atoms with E-state index in [9.17, 15) is 0 Å². The van der Waals surface area contributed by atoms with Crippen molar-refractivity contribution in [3.63, 3.8) is 0 Å². The molecule has 0 aromatic heterocycles. The lowest BCUT2D eigenvalue weighted by molar-refractivity contribution is 0.592. The average molecular weight is 252 g/mol. The van der Waals surface area contributed by atoms with Gasteiger partial charge in [0.15, 0.2) is 0 Å². The molecule has 2 heteroatoms. The predicted molar refractivity (Wildman–Crippen MR) is 65.2 cm³/mol. The summed E-state index contributed by atoms with van der Waals surface area (Å²) in [7, 11) is 0. The maximum absolute atomic E-state index is 5.99. The molecule has 0 spiro atoms. The number of terminal acetylenes is 1. The van der Waals surface area contributed by atoms with E-state index in [0.717, 1.165) is 15.6 Å². The third-order valence-corrected chi connectivity index (χ3v) is 2.57. The quantitative estimate of drug-likeness (QED) is 0.556. The first-order valence-corrected chi connectivity index (χ1v) is 5.21. The Hall–Kier alpha value is -0.940. The molecule has 0 heterocycles. The number of nitrogen functional groups attached to an aromatic ring is 1. The Morgan fingerprint density at radius 1 is 1.36 bits per heavy atom. The molecule has 74 valence electrons. The molecule has 0 atom stereocenters. The van der Waals surface area contributed by atoms with Gasteiger partial charge < -0.3 is 5.73 Å². The molecule has 0 amide bonds. The first kappa shape index (κ1) is 11.1. The molecule has 1 aromatic carbocycles. The summed E-state index contributed by atoms with van der Waals surface area (Å²) in [6.45, 7) is 6.35.